The summed E-state index contributed by atoms with van der Waals surface area (Å²) in [5, 5.41) is 8.89. The molecule has 5 nitrogen and oxygen atoms in total. The number of aryl methyl sites for hydroxylation is 1. The van der Waals surface area contributed by atoms with Crippen LogP contribution in [0, 0.1) is 0 Å². The van der Waals surface area contributed by atoms with E-state index in [0.29, 0.717) is 10.5 Å². The topological polar surface area (TPSA) is 71.7 Å². The van der Waals surface area contributed by atoms with E-state index in [-0.39, 0.29) is 11.1 Å². The molecule has 0 atom stereocenters. The van der Waals surface area contributed by atoms with Gasteiger partial charge in [0.05, 0.1) is 16.2 Å². The van der Waals surface area contributed by atoms with Gasteiger partial charge in [-0.05, 0) is 12.1 Å². The van der Waals surface area contributed by atoms with Gasteiger partial charge in [0, 0.05) is 18.4 Å². The molecular weight excluding hydrogens is 240 g/mol. The number of hydrogen-bond donors (Lipinski definition) is 1. The zero-order chi connectivity index (χ0) is 12.0. The van der Waals surface area contributed by atoms with E-state index in [4.69, 9.17) is 5.11 Å². The van der Waals surface area contributed by atoms with Crippen molar-refractivity contribution in [3.8, 4) is 0 Å². The van der Waals surface area contributed by atoms with Crippen molar-refractivity contribution in [3.63, 3.8) is 0 Å². The molecule has 0 amide bonds. The average molecular weight is 248 g/mol. The molecule has 1 N–H and O–H groups in total. The van der Waals surface area contributed by atoms with E-state index in [1.54, 1.807) is 6.07 Å². The molecule has 86 valence electrons. The second-order valence-corrected chi connectivity index (χ2v) is 4.85. The largest absolute Gasteiger partial charge is 0.478 e. The molecule has 3 heterocycles. The highest BCUT2D eigenvalue weighted by Gasteiger charge is 2.19. The summed E-state index contributed by atoms with van der Waals surface area (Å²) in [5.74, 6) is -0.188. The number of pyridine rings is 1. The first kappa shape index (κ1) is 10.3. The quantitative estimate of drug-likeness (QED) is 0.816. The van der Waals surface area contributed by atoms with Gasteiger partial charge < -0.3 is 5.11 Å². The number of carboxylic acid groups (broad SMARTS) is 1. The Kier molecular flexibility index (Phi) is 2.19. The second-order valence-electron chi connectivity index (χ2n) is 3.74. The number of hydrogen-bond acceptors (Lipinski definition) is 4. The maximum atomic E-state index is 12.1. The standard InChI is InChI=1S/C11H8N2O3S/c14-10-9-7(3-4-17-9)12-8-2-1-6(11(15)16)5-13(8)10/h1-2,5H,3-4H2,(H,15,16). The van der Waals surface area contributed by atoms with E-state index in [9.17, 15) is 9.59 Å². The summed E-state index contributed by atoms with van der Waals surface area (Å²) in [7, 11) is 0. The van der Waals surface area contributed by atoms with Gasteiger partial charge in [0.2, 0.25) is 0 Å². The van der Waals surface area contributed by atoms with Crippen LogP contribution in [0.15, 0.2) is 28.0 Å². The summed E-state index contributed by atoms with van der Waals surface area (Å²) in [6, 6.07) is 3.02. The number of thioether (sulfide) groups is 1. The Morgan fingerprint density at radius 1 is 1.47 bits per heavy atom. The molecule has 2 aromatic rings. The lowest BCUT2D eigenvalue weighted by molar-refractivity contribution is 0.0696. The van der Waals surface area contributed by atoms with E-state index >= 15 is 0 Å². The van der Waals surface area contributed by atoms with Gasteiger partial charge >= 0.3 is 5.97 Å². The summed E-state index contributed by atoms with van der Waals surface area (Å²) < 4.78 is 1.31. The molecule has 0 aromatic carbocycles. The van der Waals surface area contributed by atoms with Crippen molar-refractivity contribution in [1.82, 2.24) is 9.38 Å². The van der Waals surface area contributed by atoms with E-state index in [1.807, 2.05) is 0 Å². The maximum absolute atomic E-state index is 12.1. The number of fused-ring (bicyclic) bond motifs is 2. The van der Waals surface area contributed by atoms with Crippen LogP contribution >= 0.6 is 11.8 Å². The maximum Gasteiger partial charge on any atom is 0.337 e. The van der Waals surface area contributed by atoms with Crippen molar-refractivity contribution < 1.29 is 9.90 Å². The molecule has 1 aliphatic rings. The molecule has 0 fully saturated rings. The zero-order valence-corrected chi connectivity index (χ0v) is 9.53. The number of aromatic carboxylic acids is 1. The SMILES string of the molecule is O=C(O)c1ccc2nc3c(c(=O)n2c1)SCC3. The average Bonchev–Trinajstić information content (AvgIpc) is 2.77. The van der Waals surface area contributed by atoms with Gasteiger partial charge in [-0.2, -0.15) is 0 Å². The zero-order valence-electron chi connectivity index (χ0n) is 8.71. The number of nitrogens with zero attached hydrogens (tertiary/aromatic N) is 2. The molecule has 6 heteroatoms. The fourth-order valence-corrected chi connectivity index (χ4v) is 2.89. The lowest BCUT2D eigenvalue weighted by Gasteiger charge is -2.04. The fraction of sp³-hybridized carbons (Fsp3) is 0.182. The van der Waals surface area contributed by atoms with Crippen LogP contribution in [0.4, 0.5) is 0 Å². The van der Waals surface area contributed by atoms with Crippen LogP contribution in [0.25, 0.3) is 5.65 Å². The summed E-state index contributed by atoms with van der Waals surface area (Å²) in [4.78, 5) is 28.0. The third-order valence-electron chi connectivity index (χ3n) is 2.68. The van der Waals surface area contributed by atoms with Crippen LogP contribution in [0.2, 0.25) is 0 Å². The van der Waals surface area contributed by atoms with Crippen LogP contribution in [-0.4, -0.2) is 26.2 Å². The third-order valence-corrected chi connectivity index (χ3v) is 3.79. The first-order valence-electron chi connectivity index (χ1n) is 5.08. The Hall–Kier alpha value is -1.82. The first-order valence-corrected chi connectivity index (χ1v) is 6.07. The summed E-state index contributed by atoms with van der Waals surface area (Å²) >= 11 is 1.48. The van der Waals surface area contributed by atoms with Crippen LogP contribution < -0.4 is 5.56 Å². The number of aromatic nitrogens is 2. The number of carbonyl (C=O) groups is 1. The minimum Gasteiger partial charge on any atom is -0.478 e. The molecule has 0 bridgehead atoms. The van der Waals surface area contributed by atoms with E-state index in [2.05, 4.69) is 4.98 Å². The van der Waals surface area contributed by atoms with Crippen molar-refractivity contribution in [2.24, 2.45) is 0 Å². The third kappa shape index (κ3) is 1.52. The van der Waals surface area contributed by atoms with E-state index in [0.717, 1.165) is 17.9 Å². The molecule has 0 saturated carbocycles. The van der Waals surface area contributed by atoms with Gasteiger partial charge in [-0.3, -0.25) is 9.20 Å². The molecular formula is C11H8N2O3S. The summed E-state index contributed by atoms with van der Waals surface area (Å²) in [6.07, 6.45) is 2.12. The summed E-state index contributed by atoms with van der Waals surface area (Å²) in [6.45, 7) is 0. The van der Waals surface area contributed by atoms with Gasteiger partial charge in [-0.1, -0.05) is 0 Å². The lowest BCUT2D eigenvalue weighted by Crippen LogP contribution is -2.18. The predicted octanol–water partition coefficient (Wildman–Crippen LogP) is 1.04. The molecule has 1 aliphatic heterocycles. The van der Waals surface area contributed by atoms with E-state index in [1.165, 1.54) is 28.4 Å². The Labute approximate surface area is 100 Å². The Morgan fingerprint density at radius 2 is 2.29 bits per heavy atom. The highest BCUT2D eigenvalue weighted by atomic mass is 32.2. The van der Waals surface area contributed by atoms with Gasteiger partial charge in [-0.15, -0.1) is 11.8 Å². The van der Waals surface area contributed by atoms with Gasteiger partial charge in [0.1, 0.15) is 5.65 Å². The van der Waals surface area contributed by atoms with Crippen molar-refractivity contribution >= 4 is 23.4 Å². The molecule has 3 rings (SSSR count). The predicted molar refractivity (Wildman–Crippen MR) is 62.8 cm³/mol. The van der Waals surface area contributed by atoms with Crippen LogP contribution in [0.5, 0.6) is 0 Å². The van der Waals surface area contributed by atoms with Crippen LogP contribution in [0.1, 0.15) is 16.1 Å². The number of carboxylic acids is 1. The summed E-state index contributed by atoms with van der Waals surface area (Å²) in [5.41, 5.74) is 1.24. The fourth-order valence-electron chi connectivity index (χ4n) is 1.86. The Balaban J connectivity index is 2.37. The first-order chi connectivity index (χ1) is 8.16. The monoisotopic (exact) mass is 248 g/mol. The number of rotatable bonds is 1. The van der Waals surface area contributed by atoms with Gasteiger partial charge in [-0.25, -0.2) is 9.78 Å². The minimum absolute atomic E-state index is 0.0874. The van der Waals surface area contributed by atoms with Gasteiger partial charge in [0.15, 0.2) is 0 Å². The van der Waals surface area contributed by atoms with Crippen molar-refractivity contribution in [3.05, 3.63) is 39.9 Å². The second kappa shape index (κ2) is 3.59. The van der Waals surface area contributed by atoms with Gasteiger partial charge in [0.25, 0.3) is 5.56 Å². The molecule has 17 heavy (non-hydrogen) atoms. The molecule has 0 radical (unpaired) electrons. The van der Waals surface area contributed by atoms with Crippen molar-refractivity contribution in [2.75, 3.05) is 5.75 Å². The van der Waals surface area contributed by atoms with E-state index < -0.39 is 5.97 Å². The molecule has 0 unspecified atom stereocenters. The highest BCUT2D eigenvalue weighted by Crippen LogP contribution is 2.26. The highest BCUT2D eigenvalue weighted by molar-refractivity contribution is 7.99. The lowest BCUT2D eigenvalue weighted by atomic mass is 10.2. The molecule has 0 saturated heterocycles. The smallest absolute Gasteiger partial charge is 0.337 e. The van der Waals surface area contributed by atoms with Crippen LogP contribution in [0.3, 0.4) is 0 Å². The Bertz CT molecular complexity index is 693. The molecule has 2 aromatic heterocycles. The van der Waals surface area contributed by atoms with Crippen molar-refractivity contribution in [1.29, 1.82) is 0 Å². The Morgan fingerprint density at radius 3 is 3.06 bits per heavy atom. The van der Waals surface area contributed by atoms with Crippen molar-refractivity contribution in [2.45, 2.75) is 11.3 Å². The minimum atomic E-state index is -1.05. The molecule has 0 spiro atoms. The normalized spacial score (nSPS) is 13.9. The van der Waals surface area contributed by atoms with Crippen LogP contribution in [-0.2, 0) is 6.42 Å². The molecule has 0 aliphatic carbocycles.